The fourth-order valence-corrected chi connectivity index (χ4v) is 1.68. The molecule has 0 aliphatic heterocycles. The number of methoxy groups -OCH3 is 1. The minimum Gasteiger partial charge on any atom is -0.497 e. The van der Waals surface area contributed by atoms with E-state index in [1.165, 1.54) is 0 Å². The second-order valence-corrected chi connectivity index (χ2v) is 4.35. The maximum atomic E-state index is 11.7. The molecule has 19 heavy (non-hydrogen) atoms. The first-order valence-corrected chi connectivity index (χ1v) is 6.37. The van der Waals surface area contributed by atoms with Crippen LogP contribution in [0.4, 0.5) is 0 Å². The summed E-state index contributed by atoms with van der Waals surface area (Å²) in [4.78, 5) is 11.7. The van der Waals surface area contributed by atoms with E-state index in [0.29, 0.717) is 18.0 Å². The zero-order valence-corrected chi connectivity index (χ0v) is 11.9. The third-order valence-electron chi connectivity index (χ3n) is 2.74. The van der Waals surface area contributed by atoms with Crippen molar-refractivity contribution < 1.29 is 14.3 Å². The molecule has 5 nitrogen and oxygen atoms in total. The lowest BCUT2D eigenvalue weighted by Gasteiger charge is -2.19. The Balaban J connectivity index is 2.94. The van der Waals surface area contributed by atoms with Crippen LogP contribution in [0.1, 0.15) is 32.4 Å². The molecule has 1 aromatic carbocycles. The van der Waals surface area contributed by atoms with Gasteiger partial charge in [0.1, 0.15) is 11.5 Å². The van der Waals surface area contributed by atoms with Gasteiger partial charge in [0.25, 0.3) is 5.91 Å². The second-order valence-electron chi connectivity index (χ2n) is 4.35. The predicted octanol–water partition coefficient (Wildman–Crippen LogP) is 1.62. The lowest BCUT2D eigenvalue weighted by atomic mass is 10.1. The molecule has 0 bridgehead atoms. The topological polar surface area (TPSA) is 73.6 Å². The van der Waals surface area contributed by atoms with Gasteiger partial charge in [-0.2, -0.15) is 0 Å². The maximum Gasteiger partial charge on any atom is 0.260 e. The van der Waals surface area contributed by atoms with Gasteiger partial charge in [0.15, 0.2) is 6.10 Å². The van der Waals surface area contributed by atoms with Gasteiger partial charge in [-0.15, -0.1) is 0 Å². The molecule has 1 aromatic rings. The zero-order chi connectivity index (χ0) is 14.4. The lowest BCUT2D eigenvalue weighted by Crippen LogP contribution is -2.36. The van der Waals surface area contributed by atoms with Crippen molar-refractivity contribution in [1.82, 2.24) is 5.32 Å². The standard InChI is InChI=1S/C14H22N2O3/c1-5-16-14(17)10(3)19-13-8-11(18-4)6-7-12(13)9(2)15/h6-10H,5,15H2,1-4H3,(H,16,17)/t9-,10?/m0/s1. The van der Waals surface area contributed by atoms with Crippen molar-refractivity contribution in [2.75, 3.05) is 13.7 Å². The first-order chi connectivity index (χ1) is 8.99. The fraction of sp³-hybridized carbons (Fsp3) is 0.500. The van der Waals surface area contributed by atoms with Crippen molar-refractivity contribution in [3.8, 4) is 11.5 Å². The monoisotopic (exact) mass is 266 g/mol. The normalized spacial score (nSPS) is 13.5. The molecule has 0 spiro atoms. The van der Waals surface area contributed by atoms with Gasteiger partial charge in [0.2, 0.25) is 0 Å². The van der Waals surface area contributed by atoms with Crippen molar-refractivity contribution in [2.24, 2.45) is 5.73 Å². The van der Waals surface area contributed by atoms with E-state index in [-0.39, 0.29) is 11.9 Å². The van der Waals surface area contributed by atoms with Gasteiger partial charge in [-0.1, -0.05) is 6.07 Å². The van der Waals surface area contributed by atoms with Crippen LogP contribution in [-0.2, 0) is 4.79 Å². The smallest absolute Gasteiger partial charge is 0.260 e. The number of rotatable bonds is 6. The first kappa shape index (κ1) is 15.3. The Morgan fingerprint density at radius 3 is 2.63 bits per heavy atom. The van der Waals surface area contributed by atoms with Crippen LogP contribution in [0.15, 0.2) is 18.2 Å². The van der Waals surface area contributed by atoms with Crippen molar-refractivity contribution in [3.05, 3.63) is 23.8 Å². The fourth-order valence-electron chi connectivity index (χ4n) is 1.68. The molecule has 0 aromatic heterocycles. The van der Waals surface area contributed by atoms with E-state index in [1.807, 2.05) is 26.0 Å². The minimum atomic E-state index is -0.579. The van der Waals surface area contributed by atoms with E-state index in [0.717, 1.165) is 5.56 Å². The van der Waals surface area contributed by atoms with Crippen LogP contribution in [0.5, 0.6) is 11.5 Å². The van der Waals surface area contributed by atoms with Gasteiger partial charge in [0.05, 0.1) is 7.11 Å². The van der Waals surface area contributed by atoms with Gasteiger partial charge in [-0.25, -0.2) is 0 Å². The van der Waals surface area contributed by atoms with E-state index < -0.39 is 6.10 Å². The second kappa shape index (κ2) is 6.99. The molecule has 1 rings (SSSR count). The third kappa shape index (κ3) is 4.13. The van der Waals surface area contributed by atoms with Crippen LogP contribution >= 0.6 is 0 Å². The highest BCUT2D eigenvalue weighted by Crippen LogP contribution is 2.29. The summed E-state index contributed by atoms with van der Waals surface area (Å²) in [6.07, 6.45) is -0.579. The van der Waals surface area contributed by atoms with Gasteiger partial charge >= 0.3 is 0 Å². The zero-order valence-electron chi connectivity index (χ0n) is 11.9. The Bertz CT molecular complexity index is 433. The average molecular weight is 266 g/mol. The lowest BCUT2D eigenvalue weighted by molar-refractivity contribution is -0.127. The quantitative estimate of drug-likeness (QED) is 0.820. The number of hydrogen-bond acceptors (Lipinski definition) is 4. The van der Waals surface area contributed by atoms with Crippen molar-refractivity contribution in [2.45, 2.75) is 32.9 Å². The summed E-state index contributed by atoms with van der Waals surface area (Å²) >= 11 is 0. The molecule has 5 heteroatoms. The van der Waals surface area contributed by atoms with Crippen LogP contribution in [0.2, 0.25) is 0 Å². The van der Waals surface area contributed by atoms with Gasteiger partial charge in [-0.3, -0.25) is 4.79 Å². The SMILES string of the molecule is CCNC(=O)C(C)Oc1cc(OC)ccc1[C@H](C)N. The van der Waals surface area contributed by atoms with Crippen LogP contribution in [-0.4, -0.2) is 25.7 Å². The maximum absolute atomic E-state index is 11.7. The highest BCUT2D eigenvalue weighted by molar-refractivity contribution is 5.80. The number of ether oxygens (including phenoxy) is 2. The highest BCUT2D eigenvalue weighted by atomic mass is 16.5. The Labute approximate surface area is 114 Å². The summed E-state index contributed by atoms with van der Waals surface area (Å²) in [7, 11) is 1.58. The summed E-state index contributed by atoms with van der Waals surface area (Å²) < 4.78 is 10.8. The van der Waals surface area contributed by atoms with Crippen LogP contribution in [0.3, 0.4) is 0 Å². The molecule has 1 unspecified atom stereocenters. The molecule has 1 amide bonds. The number of nitrogens with one attached hydrogen (secondary N) is 1. The first-order valence-electron chi connectivity index (χ1n) is 6.37. The summed E-state index contributed by atoms with van der Waals surface area (Å²) in [6.45, 7) is 6.01. The predicted molar refractivity (Wildman–Crippen MR) is 74.4 cm³/mol. The molecule has 3 N–H and O–H groups in total. The van der Waals surface area contributed by atoms with Crippen molar-refractivity contribution in [3.63, 3.8) is 0 Å². The Kier molecular flexibility index (Phi) is 5.63. The molecule has 0 heterocycles. The number of benzene rings is 1. The molecule has 0 aliphatic carbocycles. The number of nitrogens with two attached hydrogens (primary N) is 1. The highest BCUT2D eigenvalue weighted by Gasteiger charge is 2.17. The molecular weight excluding hydrogens is 244 g/mol. The van der Waals surface area contributed by atoms with Crippen LogP contribution in [0.25, 0.3) is 0 Å². The largest absolute Gasteiger partial charge is 0.497 e. The van der Waals surface area contributed by atoms with Crippen LogP contribution < -0.4 is 20.5 Å². The van der Waals surface area contributed by atoms with Crippen molar-refractivity contribution in [1.29, 1.82) is 0 Å². The van der Waals surface area contributed by atoms with Gasteiger partial charge in [-0.05, 0) is 26.8 Å². The van der Waals surface area contributed by atoms with Crippen LogP contribution in [0, 0.1) is 0 Å². The Morgan fingerprint density at radius 1 is 1.42 bits per heavy atom. The van der Waals surface area contributed by atoms with Gasteiger partial charge in [0, 0.05) is 24.2 Å². The van der Waals surface area contributed by atoms with E-state index in [1.54, 1.807) is 20.1 Å². The summed E-state index contributed by atoms with van der Waals surface area (Å²) in [6, 6.07) is 5.24. The Hall–Kier alpha value is -1.75. The third-order valence-corrected chi connectivity index (χ3v) is 2.74. The number of likely N-dealkylation sites (N-methyl/N-ethyl adjacent to an activating group) is 1. The van der Waals surface area contributed by atoms with E-state index in [4.69, 9.17) is 15.2 Å². The molecule has 2 atom stereocenters. The molecular formula is C14H22N2O3. The average Bonchev–Trinajstić information content (AvgIpc) is 2.38. The van der Waals surface area contributed by atoms with E-state index in [9.17, 15) is 4.79 Å². The van der Waals surface area contributed by atoms with Crippen molar-refractivity contribution >= 4 is 5.91 Å². The van der Waals surface area contributed by atoms with E-state index >= 15 is 0 Å². The molecule has 106 valence electrons. The number of carbonyl (C=O) groups is 1. The molecule has 0 saturated heterocycles. The molecule has 0 fully saturated rings. The summed E-state index contributed by atoms with van der Waals surface area (Å²) in [5.41, 5.74) is 6.74. The Morgan fingerprint density at radius 2 is 2.11 bits per heavy atom. The minimum absolute atomic E-state index is 0.152. The number of hydrogen-bond donors (Lipinski definition) is 2. The number of amides is 1. The number of carbonyl (C=O) groups excluding carboxylic acids is 1. The molecule has 0 aliphatic rings. The van der Waals surface area contributed by atoms with E-state index in [2.05, 4.69) is 5.32 Å². The summed E-state index contributed by atoms with van der Waals surface area (Å²) in [5.74, 6) is 1.09. The van der Waals surface area contributed by atoms with Gasteiger partial charge < -0.3 is 20.5 Å². The molecule has 0 saturated carbocycles. The summed E-state index contributed by atoms with van der Waals surface area (Å²) in [5, 5.41) is 2.72. The molecule has 0 radical (unpaired) electrons.